The lowest BCUT2D eigenvalue weighted by atomic mass is 10.2. The normalized spacial score (nSPS) is 12.9. The molecule has 1 heterocycles. The lowest BCUT2D eigenvalue weighted by molar-refractivity contribution is 0.539. The van der Waals surface area contributed by atoms with Gasteiger partial charge in [-0.05, 0) is 30.2 Å². The van der Waals surface area contributed by atoms with Gasteiger partial charge in [0, 0.05) is 0 Å². The van der Waals surface area contributed by atoms with E-state index >= 15 is 0 Å². The molecule has 0 saturated carbocycles. The van der Waals surface area contributed by atoms with Crippen molar-refractivity contribution in [3.63, 3.8) is 0 Å². The predicted octanol–water partition coefficient (Wildman–Crippen LogP) is 4.30. The Morgan fingerprint density at radius 3 is 2.62 bits per heavy atom. The molecule has 5 nitrogen and oxygen atoms in total. The van der Waals surface area contributed by atoms with Crippen molar-refractivity contribution < 1.29 is 12.8 Å². The molecule has 26 heavy (non-hydrogen) atoms. The average Bonchev–Trinajstić information content (AvgIpc) is 3.10. The van der Waals surface area contributed by atoms with Crippen molar-refractivity contribution in [3.8, 4) is 11.3 Å². The monoisotopic (exact) mass is 393 g/mol. The molecule has 0 aliphatic rings. The third-order valence-corrected chi connectivity index (χ3v) is 5.85. The molecule has 1 aromatic heterocycles. The number of aromatic nitrogens is 2. The highest BCUT2D eigenvalue weighted by Gasteiger charge is 2.24. The second kappa shape index (κ2) is 7.57. The van der Waals surface area contributed by atoms with Crippen molar-refractivity contribution in [1.82, 2.24) is 14.7 Å². The quantitative estimate of drug-likeness (QED) is 0.655. The largest absolute Gasteiger partial charge is 0.341 e. The zero-order chi connectivity index (χ0) is 18.7. The summed E-state index contributed by atoms with van der Waals surface area (Å²) in [5.74, 6) is -0.104. The molecule has 0 radical (unpaired) electrons. The number of nitrogens with one attached hydrogen (secondary N) is 2. The fourth-order valence-electron chi connectivity index (χ4n) is 2.55. The van der Waals surface area contributed by atoms with Gasteiger partial charge >= 0.3 is 0 Å². The van der Waals surface area contributed by atoms with Crippen LogP contribution in [-0.4, -0.2) is 18.4 Å². The first-order valence-corrected chi connectivity index (χ1v) is 9.84. The van der Waals surface area contributed by atoms with Gasteiger partial charge in [-0.1, -0.05) is 48.9 Å². The van der Waals surface area contributed by atoms with Gasteiger partial charge in [0.25, 0.3) is 0 Å². The van der Waals surface area contributed by atoms with Crippen molar-refractivity contribution in [2.24, 2.45) is 0 Å². The average molecular weight is 394 g/mol. The molecular formula is C18H17ClFN3O2S. The van der Waals surface area contributed by atoms with E-state index in [1.807, 2.05) is 37.3 Å². The van der Waals surface area contributed by atoms with Gasteiger partial charge in [-0.25, -0.2) is 22.5 Å². The molecule has 0 fully saturated rings. The number of imidazole rings is 1. The minimum Gasteiger partial charge on any atom is -0.341 e. The van der Waals surface area contributed by atoms with Crippen LogP contribution in [0.25, 0.3) is 11.3 Å². The highest BCUT2D eigenvalue weighted by Crippen LogP contribution is 2.26. The van der Waals surface area contributed by atoms with Crippen LogP contribution in [0.4, 0.5) is 4.39 Å². The van der Waals surface area contributed by atoms with E-state index in [0.717, 1.165) is 29.5 Å². The minimum absolute atomic E-state index is 0.170. The number of aromatic amines is 1. The van der Waals surface area contributed by atoms with Crippen molar-refractivity contribution in [2.75, 3.05) is 0 Å². The third kappa shape index (κ3) is 3.95. The molecule has 0 amide bonds. The van der Waals surface area contributed by atoms with Gasteiger partial charge in [-0.2, -0.15) is 0 Å². The standard InChI is InChI=1S/C18H17ClFN3O2S/c1-2-15(18-21-11-16(22-18)12-6-4-3-5-7-12)23-26(24,25)17-9-8-13(20)10-14(17)19/h3-11,15,23H,2H2,1H3,(H,21,22). The van der Waals surface area contributed by atoms with E-state index in [1.54, 1.807) is 6.20 Å². The maximum atomic E-state index is 13.2. The maximum Gasteiger partial charge on any atom is 0.242 e. The number of halogens is 2. The Bertz CT molecular complexity index is 1010. The molecule has 0 bridgehead atoms. The number of hydrogen-bond acceptors (Lipinski definition) is 3. The van der Waals surface area contributed by atoms with E-state index in [-0.39, 0.29) is 9.92 Å². The second-order valence-corrected chi connectivity index (χ2v) is 7.79. The number of sulfonamides is 1. The Kier molecular flexibility index (Phi) is 5.41. The summed E-state index contributed by atoms with van der Waals surface area (Å²) in [5.41, 5.74) is 1.74. The summed E-state index contributed by atoms with van der Waals surface area (Å²) in [4.78, 5) is 7.28. The van der Waals surface area contributed by atoms with Crippen molar-refractivity contribution in [3.05, 3.63) is 71.4 Å². The molecule has 0 spiro atoms. The molecular weight excluding hydrogens is 377 g/mol. The molecule has 1 unspecified atom stereocenters. The van der Waals surface area contributed by atoms with Gasteiger partial charge in [0.2, 0.25) is 10.0 Å². The fraction of sp³-hybridized carbons (Fsp3) is 0.167. The van der Waals surface area contributed by atoms with E-state index in [4.69, 9.17) is 11.6 Å². The van der Waals surface area contributed by atoms with Gasteiger partial charge in [0.05, 0.1) is 23.0 Å². The zero-order valence-corrected chi connectivity index (χ0v) is 15.5. The second-order valence-electron chi connectivity index (χ2n) is 5.71. The molecule has 0 saturated heterocycles. The van der Waals surface area contributed by atoms with E-state index < -0.39 is 21.9 Å². The SMILES string of the molecule is CCC(NS(=O)(=O)c1ccc(F)cc1Cl)c1ncc(-c2ccccc2)[nH]1. The van der Waals surface area contributed by atoms with Crippen LogP contribution in [0.1, 0.15) is 25.2 Å². The van der Waals surface area contributed by atoms with Crippen LogP contribution in [0.5, 0.6) is 0 Å². The van der Waals surface area contributed by atoms with Crippen LogP contribution in [0, 0.1) is 5.82 Å². The number of nitrogens with zero attached hydrogens (tertiary/aromatic N) is 1. The summed E-state index contributed by atoms with van der Waals surface area (Å²) in [6.45, 7) is 1.84. The summed E-state index contributed by atoms with van der Waals surface area (Å²) >= 11 is 5.89. The van der Waals surface area contributed by atoms with E-state index in [0.29, 0.717) is 12.2 Å². The van der Waals surface area contributed by atoms with E-state index in [2.05, 4.69) is 14.7 Å². The smallest absolute Gasteiger partial charge is 0.242 e. The summed E-state index contributed by atoms with van der Waals surface area (Å²) in [5, 5.41) is -0.170. The summed E-state index contributed by atoms with van der Waals surface area (Å²) in [6.07, 6.45) is 2.13. The van der Waals surface area contributed by atoms with Crippen LogP contribution in [0.3, 0.4) is 0 Å². The van der Waals surface area contributed by atoms with Gasteiger partial charge in [0.15, 0.2) is 0 Å². The molecule has 3 rings (SSSR count). The van der Waals surface area contributed by atoms with Gasteiger partial charge in [-0.3, -0.25) is 0 Å². The first-order chi connectivity index (χ1) is 12.4. The molecule has 3 aromatic rings. The van der Waals surface area contributed by atoms with Crippen LogP contribution in [0.15, 0.2) is 59.6 Å². The lowest BCUT2D eigenvalue weighted by Crippen LogP contribution is -2.29. The first kappa shape index (κ1) is 18.6. The van der Waals surface area contributed by atoms with Crippen LogP contribution >= 0.6 is 11.6 Å². The Hall–Kier alpha value is -2.22. The molecule has 0 aliphatic carbocycles. The number of H-pyrrole nitrogens is 1. The van der Waals surface area contributed by atoms with E-state index in [9.17, 15) is 12.8 Å². The van der Waals surface area contributed by atoms with Crippen LogP contribution in [-0.2, 0) is 10.0 Å². The number of hydrogen-bond donors (Lipinski definition) is 2. The zero-order valence-electron chi connectivity index (χ0n) is 13.9. The van der Waals surface area contributed by atoms with Crippen molar-refractivity contribution in [1.29, 1.82) is 0 Å². The predicted molar refractivity (Wildman–Crippen MR) is 98.8 cm³/mol. The third-order valence-electron chi connectivity index (χ3n) is 3.90. The molecule has 136 valence electrons. The molecule has 2 N–H and O–H groups in total. The Balaban J connectivity index is 1.87. The fourth-order valence-corrected chi connectivity index (χ4v) is 4.37. The summed E-state index contributed by atoms with van der Waals surface area (Å²) < 4.78 is 41.0. The Morgan fingerprint density at radius 1 is 1.23 bits per heavy atom. The Morgan fingerprint density at radius 2 is 1.96 bits per heavy atom. The van der Waals surface area contributed by atoms with Crippen molar-refractivity contribution in [2.45, 2.75) is 24.3 Å². The van der Waals surface area contributed by atoms with E-state index in [1.165, 1.54) is 0 Å². The summed E-state index contributed by atoms with van der Waals surface area (Å²) in [7, 11) is -3.93. The molecule has 1 atom stereocenters. The maximum absolute atomic E-state index is 13.2. The van der Waals surface area contributed by atoms with Crippen LogP contribution < -0.4 is 4.72 Å². The van der Waals surface area contributed by atoms with Crippen molar-refractivity contribution >= 4 is 21.6 Å². The summed E-state index contributed by atoms with van der Waals surface area (Å²) in [6, 6.07) is 12.2. The van der Waals surface area contributed by atoms with Gasteiger partial charge < -0.3 is 4.98 Å². The van der Waals surface area contributed by atoms with Gasteiger partial charge in [-0.15, -0.1) is 0 Å². The molecule has 2 aromatic carbocycles. The minimum atomic E-state index is -3.93. The van der Waals surface area contributed by atoms with Gasteiger partial charge in [0.1, 0.15) is 16.5 Å². The Labute approximate surface area is 156 Å². The molecule has 0 aliphatic heterocycles. The van der Waals surface area contributed by atoms with Crippen LogP contribution in [0.2, 0.25) is 5.02 Å². The lowest BCUT2D eigenvalue weighted by Gasteiger charge is -2.16. The topological polar surface area (TPSA) is 74.8 Å². The highest BCUT2D eigenvalue weighted by molar-refractivity contribution is 7.89. The first-order valence-electron chi connectivity index (χ1n) is 7.98. The number of benzene rings is 2. The molecule has 8 heteroatoms. The number of rotatable bonds is 6. The highest BCUT2D eigenvalue weighted by atomic mass is 35.5.